The molecule has 1 fully saturated rings. The Morgan fingerprint density at radius 1 is 1.20 bits per heavy atom. The van der Waals surface area contributed by atoms with Gasteiger partial charge in [0, 0.05) is 19.6 Å². The molecule has 41 heavy (non-hydrogen) atoms. The topological polar surface area (TPSA) is 101 Å². The molecule has 0 spiro atoms. The molecule has 0 radical (unpaired) electrons. The number of halogens is 2. The Morgan fingerprint density at radius 3 is 2.71 bits per heavy atom. The molecule has 1 amide bonds. The van der Waals surface area contributed by atoms with Gasteiger partial charge in [0.2, 0.25) is 5.91 Å². The van der Waals surface area contributed by atoms with E-state index in [0.717, 1.165) is 5.56 Å². The van der Waals surface area contributed by atoms with Gasteiger partial charge < -0.3 is 19.6 Å². The van der Waals surface area contributed by atoms with Gasteiger partial charge in [0.05, 0.1) is 17.3 Å². The van der Waals surface area contributed by atoms with Crippen LogP contribution in [0.3, 0.4) is 0 Å². The van der Waals surface area contributed by atoms with Crippen molar-refractivity contribution >= 4 is 34.4 Å². The van der Waals surface area contributed by atoms with Gasteiger partial charge in [0.15, 0.2) is 11.4 Å². The van der Waals surface area contributed by atoms with E-state index in [1.165, 1.54) is 28.8 Å². The first-order valence-electron chi connectivity index (χ1n) is 13.3. The minimum absolute atomic E-state index is 0.0258. The lowest BCUT2D eigenvalue weighted by Gasteiger charge is -2.40. The highest BCUT2D eigenvalue weighted by Crippen LogP contribution is 2.47. The number of hydrogen-bond acceptors (Lipinski definition) is 7. The van der Waals surface area contributed by atoms with Crippen LogP contribution in [0.15, 0.2) is 59.9 Å². The highest BCUT2D eigenvalue weighted by atomic mass is 35.5. The van der Waals surface area contributed by atoms with Crippen molar-refractivity contribution in [3.63, 3.8) is 0 Å². The molecule has 0 aliphatic carbocycles. The number of phenolic OH excluding ortho intramolecular Hbond substituents is 1. The third kappa shape index (κ3) is 4.30. The molecule has 9 nitrogen and oxygen atoms in total. The number of pyridine rings is 1. The molecule has 4 heterocycles. The van der Waals surface area contributed by atoms with E-state index in [2.05, 4.69) is 11.6 Å². The lowest BCUT2D eigenvalue weighted by Crippen LogP contribution is -2.56. The fraction of sp³-hybridized carbons (Fsp3) is 0.267. The number of aromatic hydroxyl groups is 1. The Morgan fingerprint density at radius 2 is 1.98 bits per heavy atom. The molecule has 2 aromatic carbocycles. The van der Waals surface area contributed by atoms with Crippen LogP contribution in [-0.2, 0) is 4.79 Å². The first-order valence-corrected chi connectivity index (χ1v) is 13.6. The number of anilines is 1. The van der Waals surface area contributed by atoms with Gasteiger partial charge in [-0.1, -0.05) is 56.3 Å². The van der Waals surface area contributed by atoms with Crippen molar-refractivity contribution in [3.8, 4) is 28.4 Å². The van der Waals surface area contributed by atoms with Gasteiger partial charge in [0.1, 0.15) is 40.1 Å². The van der Waals surface area contributed by atoms with Gasteiger partial charge in [-0.15, -0.1) is 0 Å². The Bertz CT molecular complexity index is 1770. The number of nitrogens with zero attached hydrogens (tertiary/aromatic N) is 5. The lowest BCUT2D eigenvalue weighted by molar-refractivity contribution is -0.126. The molecule has 6 rings (SSSR count). The van der Waals surface area contributed by atoms with Crippen LogP contribution in [0.25, 0.3) is 28.0 Å². The first kappa shape index (κ1) is 26.8. The maximum Gasteiger partial charge on any atom is 0.355 e. The molecule has 210 valence electrons. The Labute approximate surface area is 240 Å². The second-order valence-electron chi connectivity index (χ2n) is 10.3. The molecule has 1 atom stereocenters. The predicted octanol–water partition coefficient (Wildman–Crippen LogP) is 4.66. The summed E-state index contributed by atoms with van der Waals surface area (Å²) in [5, 5.41) is 11.0. The first-order chi connectivity index (χ1) is 19.7. The fourth-order valence-corrected chi connectivity index (χ4v) is 5.90. The van der Waals surface area contributed by atoms with Gasteiger partial charge in [-0.25, -0.2) is 18.7 Å². The zero-order chi connectivity index (χ0) is 29.0. The number of para-hydroxylation sites is 1. The van der Waals surface area contributed by atoms with Gasteiger partial charge in [-0.2, -0.15) is 4.98 Å². The van der Waals surface area contributed by atoms with Gasteiger partial charge in [0.25, 0.3) is 0 Å². The molecule has 1 N–H and O–H groups in total. The van der Waals surface area contributed by atoms with Crippen LogP contribution in [0.4, 0.5) is 10.2 Å². The molecule has 2 aromatic heterocycles. The smallest absolute Gasteiger partial charge is 0.355 e. The average molecular weight is 576 g/mol. The second-order valence-corrected chi connectivity index (χ2v) is 10.7. The van der Waals surface area contributed by atoms with E-state index in [1.807, 2.05) is 36.9 Å². The van der Waals surface area contributed by atoms with E-state index in [1.54, 1.807) is 11.0 Å². The Kier molecular flexibility index (Phi) is 6.65. The minimum Gasteiger partial charge on any atom is -0.507 e. The quantitative estimate of drug-likeness (QED) is 0.353. The number of rotatable bonds is 4. The van der Waals surface area contributed by atoms with Crippen molar-refractivity contribution in [1.82, 2.24) is 19.4 Å². The Hall–Kier alpha value is -4.44. The van der Waals surface area contributed by atoms with Crippen LogP contribution in [0.2, 0.25) is 5.02 Å². The molecule has 2 aliphatic rings. The number of ether oxygens (including phenoxy) is 1. The van der Waals surface area contributed by atoms with Gasteiger partial charge in [-0.05, 0) is 35.8 Å². The third-order valence-corrected chi connectivity index (χ3v) is 7.94. The normalized spacial score (nSPS) is 16.4. The highest BCUT2D eigenvalue weighted by molar-refractivity contribution is 6.36. The van der Waals surface area contributed by atoms with Crippen LogP contribution in [-0.4, -0.2) is 62.7 Å². The number of hydrogen-bond donors (Lipinski definition) is 1. The van der Waals surface area contributed by atoms with E-state index >= 15 is 4.39 Å². The summed E-state index contributed by atoms with van der Waals surface area (Å²) in [7, 11) is 0. The van der Waals surface area contributed by atoms with Crippen LogP contribution in [0, 0.1) is 5.82 Å². The summed E-state index contributed by atoms with van der Waals surface area (Å²) in [6, 6.07) is 11.0. The number of carbonyl (C=O) groups excluding carboxylic acids is 1. The maximum absolute atomic E-state index is 15.2. The van der Waals surface area contributed by atoms with E-state index in [9.17, 15) is 14.7 Å². The molecular weight excluding hydrogens is 549 g/mol. The molecule has 4 aromatic rings. The summed E-state index contributed by atoms with van der Waals surface area (Å²) in [6.45, 7) is 8.80. The van der Waals surface area contributed by atoms with E-state index in [4.69, 9.17) is 21.3 Å². The molecule has 2 aliphatic heterocycles. The highest BCUT2D eigenvalue weighted by Gasteiger charge is 2.37. The summed E-state index contributed by atoms with van der Waals surface area (Å²) < 4.78 is 22.8. The Balaban J connectivity index is 1.69. The summed E-state index contributed by atoms with van der Waals surface area (Å²) in [4.78, 5) is 39.2. The van der Waals surface area contributed by atoms with Crippen molar-refractivity contribution < 1.29 is 19.0 Å². The summed E-state index contributed by atoms with van der Waals surface area (Å²) in [5.41, 5.74) is 0.743. The predicted molar refractivity (Wildman–Crippen MR) is 155 cm³/mol. The van der Waals surface area contributed by atoms with Crippen molar-refractivity contribution in [1.29, 1.82) is 0 Å². The number of piperazine rings is 1. The van der Waals surface area contributed by atoms with Crippen molar-refractivity contribution in [2.45, 2.75) is 25.8 Å². The largest absolute Gasteiger partial charge is 0.507 e. The number of fused-ring (bicyclic) bond motifs is 2. The maximum atomic E-state index is 15.2. The number of benzene rings is 2. The SMILES string of the molecule is C=CC(=O)N1CCN2c3nc(=O)n(-c4ccccc4C(C)C)c4nc(-c5c(O)cccc5F)c(Cl)c(c34)OCC2C1. The molecule has 1 unspecified atom stereocenters. The van der Waals surface area contributed by atoms with E-state index in [-0.39, 0.29) is 57.9 Å². The number of carbonyl (C=O) groups is 1. The van der Waals surface area contributed by atoms with Crippen molar-refractivity contribution in [2.75, 3.05) is 31.1 Å². The number of aromatic nitrogens is 3. The lowest BCUT2D eigenvalue weighted by atomic mass is 10.0. The molecule has 11 heteroatoms. The third-order valence-electron chi connectivity index (χ3n) is 7.59. The van der Waals surface area contributed by atoms with Crippen LogP contribution in [0.5, 0.6) is 11.5 Å². The van der Waals surface area contributed by atoms with E-state index < -0.39 is 11.5 Å². The van der Waals surface area contributed by atoms with Crippen LogP contribution in [0.1, 0.15) is 25.3 Å². The zero-order valence-electron chi connectivity index (χ0n) is 22.5. The van der Waals surface area contributed by atoms with Crippen molar-refractivity contribution in [2.24, 2.45) is 0 Å². The molecular formula is C30H27ClFN5O4. The summed E-state index contributed by atoms with van der Waals surface area (Å²) in [5.74, 6) is -0.750. The van der Waals surface area contributed by atoms with Crippen LogP contribution < -0.4 is 15.3 Å². The fourth-order valence-electron chi connectivity index (χ4n) is 5.62. The summed E-state index contributed by atoms with van der Waals surface area (Å²) >= 11 is 6.89. The van der Waals surface area contributed by atoms with Crippen LogP contribution >= 0.6 is 11.6 Å². The molecule has 1 saturated heterocycles. The minimum atomic E-state index is -0.735. The number of amides is 1. The zero-order valence-corrected chi connectivity index (χ0v) is 23.2. The monoisotopic (exact) mass is 575 g/mol. The standard InChI is InChI=1S/C30H27ClFN5O4/c1-4-22(39)35-12-13-36-17(14-35)15-41-27-24-28(36)34-30(40)37(20-10-6-5-8-18(20)16(2)3)29(24)33-26(25(27)31)23-19(32)9-7-11-21(23)38/h4-11,16-17,38H,1,12-15H2,2-3H3. The van der Waals surface area contributed by atoms with Crippen molar-refractivity contribution in [3.05, 3.63) is 82.0 Å². The van der Waals surface area contributed by atoms with Gasteiger partial charge in [-0.3, -0.25) is 4.79 Å². The molecule has 0 saturated carbocycles. The second kappa shape index (κ2) is 10.2. The molecule has 0 bridgehead atoms. The average Bonchev–Trinajstić information content (AvgIpc) is 3.12. The number of phenols is 1. The van der Waals surface area contributed by atoms with Gasteiger partial charge >= 0.3 is 5.69 Å². The summed E-state index contributed by atoms with van der Waals surface area (Å²) in [6.07, 6.45) is 1.26. The van der Waals surface area contributed by atoms with E-state index in [0.29, 0.717) is 36.5 Å².